The quantitative estimate of drug-likeness (QED) is 0.649. The minimum atomic E-state index is -0.510. The number of nitro groups is 1. The van der Waals surface area contributed by atoms with E-state index in [9.17, 15) is 10.1 Å². The molecule has 2 rings (SSSR count). The second-order valence-electron chi connectivity index (χ2n) is 4.10. The Hall–Kier alpha value is -2.83. The first kappa shape index (κ1) is 14.6. The topological polar surface area (TPSA) is 86.5 Å². The summed E-state index contributed by atoms with van der Waals surface area (Å²) in [6, 6.07) is 7.74. The van der Waals surface area contributed by atoms with E-state index < -0.39 is 4.92 Å². The van der Waals surface area contributed by atoms with Gasteiger partial charge >= 0.3 is 5.69 Å². The average Bonchev–Trinajstić information content (AvgIpc) is 2.48. The maximum absolute atomic E-state index is 11.1. The zero-order valence-corrected chi connectivity index (χ0v) is 11.7. The van der Waals surface area contributed by atoms with Crippen LogP contribution in [-0.4, -0.2) is 23.6 Å². The third-order valence-corrected chi connectivity index (χ3v) is 2.68. The molecule has 1 aromatic carbocycles. The van der Waals surface area contributed by atoms with Crippen LogP contribution in [0.2, 0.25) is 0 Å². The summed E-state index contributed by atoms with van der Waals surface area (Å²) in [5, 5.41) is 14.1. The molecule has 0 saturated carbocycles. The minimum absolute atomic E-state index is 0.148. The second-order valence-corrected chi connectivity index (χ2v) is 4.10. The Morgan fingerprint density at radius 2 is 2.10 bits per heavy atom. The van der Waals surface area contributed by atoms with E-state index >= 15 is 0 Å². The number of nitrogens with zero attached hydrogens (tertiary/aromatic N) is 2. The minimum Gasteiger partial charge on any atom is -0.496 e. The van der Waals surface area contributed by atoms with Gasteiger partial charge in [0, 0.05) is 18.8 Å². The van der Waals surface area contributed by atoms with Gasteiger partial charge < -0.3 is 14.8 Å². The summed E-state index contributed by atoms with van der Waals surface area (Å²) in [4.78, 5) is 14.7. The number of hydrogen-bond acceptors (Lipinski definition) is 6. The van der Waals surface area contributed by atoms with Gasteiger partial charge in [-0.25, -0.2) is 4.98 Å². The van der Waals surface area contributed by atoms with Crippen LogP contribution in [0.5, 0.6) is 17.2 Å². The third-order valence-electron chi connectivity index (χ3n) is 2.68. The summed E-state index contributed by atoms with van der Waals surface area (Å²) >= 11 is 0. The van der Waals surface area contributed by atoms with Crippen LogP contribution in [0.1, 0.15) is 6.92 Å². The maximum atomic E-state index is 11.1. The number of benzene rings is 1. The number of ether oxygens (including phenoxy) is 2. The molecule has 0 unspecified atom stereocenters. The molecule has 7 nitrogen and oxygen atoms in total. The molecule has 21 heavy (non-hydrogen) atoms. The van der Waals surface area contributed by atoms with E-state index in [1.54, 1.807) is 24.4 Å². The van der Waals surface area contributed by atoms with Gasteiger partial charge in [0.25, 0.3) is 0 Å². The Morgan fingerprint density at radius 1 is 1.29 bits per heavy atom. The van der Waals surface area contributed by atoms with Gasteiger partial charge in [-0.15, -0.1) is 0 Å². The van der Waals surface area contributed by atoms with Crippen molar-refractivity contribution in [3.8, 4) is 17.2 Å². The molecular weight excluding hydrogens is 274 g/mol. The molecule has 0 saturated heterocycles. The summed E-state index contributed by atoms with van der Waals surface area (Å²) in [6.45, 7) is 2.67. The number of rotatable bonds is 6. The van der Waals surface area contributed by atoms with Crippen molar-refractivity contribution in [3.63, 3.8) is 0 Å². The van der Waals surface area contributed by atoms with Crippen LogP contribution < -0.4 is 14.8 Å². The summed E-state index contributed by atoms with van der Waals surface area (Å²) in [7, 11) is 1.45. The van der Waals surface area contributed by atoms with Gasteiger partial charge in [-0.2, -0.15) is 0 Å². The molecule has 0 aliphatic carbocycles. The van der Waals surface area contributed by atoms with Crippen molar-refractivity contribution >= 4 is 11.5 Å². The Bertz CT molecular complexity index is 646. The van der Waals surface area contributed by atoms with E-state index in [0.29, 0.717) is 17.3 Å². The Kier molecular flexibility index (Phi) is 4.55. The molecule has 0 fully saturated rings. The summed E-state index contributed by atoms with van der Waals surface area (Å²) < 4.78 is 10.6. The van der Waals surface area contributed by atoms with Crippen LogP contribution >= 0.6 is 0 Å². The first-order chi connectivity index (χ1) is 10.1. The third kappa shape index (κ3) is 3.59. The highest BCUT2D eigenvalue weighted by Crippen LogP contribution is 2.34. The molecule has 110 valence electrons. The van der Waals surface area contributed by atoms with E-state index in [4.69, 9.17) is 9.47 Å². The fourth-order valence-electron chi connectivity index (χ4n) is 1.73. The van der Waals surface area contributed by atoms with E-state index in [1.807, 2.05) is 6.92 Å². The molecule has 0 bridgehead atoms. The smallest absolute Gasteiger partial charge is 0.315 e. The van der Waals surface area contributed by atoms with Gasteiger partial charge in [0.2, 0.25) is 5.75 Å². The van der Waals surface area contributed by atoms with Crippen molar-refractivity contribution in [1.29, 1.82) is 0 Å². The SMILES string of the molecule is CCNc1cc(Oc2ccc(OC)cc2[N+](=O)[O-])ccn1. The summed E-state index contributed by atoms with van der Waals surface area (Å²) in [5.74, 6) is 1.66. The molecule has 0 spiro atoms. The Labute approximate surface area is 121 Å². The summed E-state index contributed by atoms with van der Waals surface area (Å²) in [6.07, 6.45) is 1.57. The van der Waals surface area contributed by atoms with Crippen molar-refractivity contribution in [1.82, 2.24) is 4.98 Å². The molecule has 1 aromatic heterocycles. The Balaban J connectivity index is 2.30. The van der Waals surface area contributed by atoms with E-state index in [2.05, 4.69) is 10.3 Å². The van der Waals surface area contributed by atoms with Crippen molar-refractivity contribution in [2.24, 2.45) is 0 Å². The molecule has 0 aliphatic rings. The van der Waals surface area contributed by atoms with E-state index in [1.165, 1.54) is 19.2 Å². The van der Waals surface area contributed by atoms with Crippen molar-refractivity contribution < 1.29 is 14.4 Å². The second kappa shape index (κ2) is 6.56. The van der Waals surface area contributed by atoms with Gasteiger partial charge in [0.15, 0.2) is 0 Å². The lowest BCUT2D eigenvalue weighted by Crippen LogP contribution is -1.99. The fourth-order valence-corrected chi connectivity index (χ4v) is 1.73. The average molecular weight is 289 g/mol. The standard InChI is InChI=1S/C14H15N3O4/c1-3-15-14-9-11(6-7-16-14)21-13-5-4-10(20-2)8-12(13)17(18)19/h4-9H,3H2,1-2H3,(H,15,16). The fraction of sp³-hybridized carbons (Fsp3) is 0.214. The zero-order valence-electron chi connectivity index (χ0n) is 11.7. The molecule has 2 aromatic rings. The van der Waals surface area contributed by atoms with Gasteiger partial charge in [-0.05, 0) is 25.1 Å². The summed E-state index contributed by atoms with van der Waals surface area (Å²) in [5.41, 5.74) is -0.156. The lowest BCUT2D eigenvalue weighted by molar-refractivity contribution is -0.385. The van der Waals surface area contributed by atoms with Gasteiger partial charge in [0.1, 0.15) is 17.3 Å². The predicted octanol–water partition coefficient (Wildman–Crippen LogP) is 3.22. The van der Waals surface area contributed by atoms with Crippen LogP contribution in [0.25, 0.3) is 0 Å². The highest BCUT2D eigenvalue weighted by Gasteiger charge is 2.17. The molecule has 1 N–H and O–H groups in total. The number of nitrogens with one attached hydrogen (secondary N) is 1. The van der Waals surface area contributed by atoms with Gasteiger partial charge in [-0.3, -0.25) is 10.1 Å². The number of hydrogen-bond donors (Lipinski definition) is 1. The predicted molar refractivity (Wildman–Crippen MR) is 78.1 cm³/mol. The largest absolute Gasteiger partial charge is 0.496 e. The normalized spacial score (nSPS) is 10.0. The molecular formula is C14H15N3O4. The van der Waals surface area contributed by atoms with Crippen LogP contribution in [0.15, 0.2) is 36.5 Å². The van der Waals surface area contributed by atoms with E-state index in [0.717, 1.165) is 6.54 Å². The van der Waals surface area contributed by atoms with Crippen LogP contribution in [-0.2, 0) is 0 Å². The maximum Gasteiger partial charge on any atom is 0.315 e. The van der Waals surface area contributed by atoms with Gasteiger partial charge in [0.05, 0.1) is 18.1 Å². The number of pyridine rings is 1. The van der Waals surface area contributed by atoms with Crippen LogP contribution in [0.3, 0.4) is 0 Å². The lowest BCUT2D eigenvalue weighted by Gasteiger charge is -2.09. The highest BCUT2D eigenvalue weighted by atomic mass is 16.6. The monoisotopic (exact) mass is 289 g/mol. The molecule has 0 radical (unpaired) electrons. The number of aromatic nitrogens is 1. The number of methoxy groups -OCH3 is 1. The number of anilines is 1. The lowest BCUT2D eigenvalue weighted by atomic mass is 10.2. The molecule has 0 amide bonds. The zero-order chi connectivity index (χ0) is 15.2. The van der Waals surface area contributed by atoms with Crippen molar-refractivity contribution in [3.05, 3.63) is 46.6 Å². The first-order valence-corrected chi connectivity index (χ1v) is 6.34. The van der Waals surface area contributed by atoms with Crippen LogP contribution in [0, 0.1) is 10.1 Å². The molecule has 1 heterocycles. The van der Waals surface area contributed by atoms with Crippen molar-refractivity contribution in [2.45, 2.75) is 6.92 Å². The molecule has 0 aliphatic heterocycles. The molecule has 7 heteroatoms. The van der Waals surface area contributed by atoms with Crippen molar-refractivity contribution in [2.75, 3.05) is 19.0 Å². The number of nitro benzene ring substituents is 1. The van der Waals surface area contributed by atoms with Gasteiger partial charge in [-0.1, -0.05) is 0 Å². The first-order valence-electron chi connectivity index (χ1n) is 6.34. The highest BCUT2D eigenvalue weighted by molar-refractivity contribution is 5.53. The van der Waals surface area contributed by atoms with E-state index in [-0.39, 0.29) is 11.4 Å². The molecule has 0 atom stereocenters. The van der Waals surface area contributed by atoms with Crippen LogP contribution in [0.4, 0.5) is 11.5 Å². The Morgan fingerprint density at radius 3 is 2.76 bits per heavy atom.